The van der Waals surface area contributed by atoms with Crippen LogP contribution in [0.2, 0.25) is 0 Å². The van der Waals surface area contributed by atoms with Gasteiger partial charge in [-0.15, -0.1) is 0 Å². The van der Waals surface area contributed by atoms with Gasteiger partial charge in [-0.1, -0.05) is 13.0 Å². The second kappa shape index (κ2) is 7.03. The van der Waals surface area contributed by atoms with Gasteiger partial charge in [0.15, 0.2) is 0 Å². The molecule has 6 heteroatoms. The van der Waals surface area contributed by atoms with Crippen molar-refractivity contribution in [2.75, 3.05) is 6.61 Å². The van der Waals surface area contributed by atoms with E-state index in [4.69, 9.17) is 10.1 Å². The van der Waals surface area contributed by atoms with Crippen LogP contribution >= 0.6 is 0 Å². The van der Waals surface area contributed by atoms with Gasteiger partial charge in [0.25, 0.3) is 0 Å². The number of aromatic nitrogens is 1. The number of fused-ring (bicyclic) bond motifs is 1. The van der Waals surface area contributed by atoms with Crippen LogP contribution < -0.4 is 5.32 Å². The number of amides is 1. The highest BCUT2D eigenvalue weighted by Crippen LogP contribution is 2.34. The number of pyridine rings is 1. The molecule has 1 amide bonds. The Morgan fingerprint density at radius 1 is 1.44 bits per heavy atom. The minimum absolute atomic E-state index is 0.0294. The molecule has 2 heterocycles. The molecular weight excluding hydrogens is 318 g/mol. The zero-order valence-electron chi connectivity index (χ0n) is 14.3. The number of hydrogen-bond donors (Lipinski definition) is 3. The Labute approximate surface area is 146 Å². The van der Waals surface area contributed by atoms with Crippen LogP contribution in [0.15, 0.2) is 30.6 Å². The lowest BCUT2D eigenvalue weighted by Gasteiger charge is -2.28. The number of rotatable bonds is 4. The number of aromatic hydroxyl groups is 1. The maximum absolute atomic E-state index is 11.8. The fraction of sp³-hybridized carbons (Fsp3) is 0.316. The van der Waals surface area contributed by atoms with Gasteiger partial charge in [0.05, 0.1) is 19.3 Å². The summed E-state index contributed by atoms with van der Waals surface area (Å²) >= 11 is 0. The molecule has 1 aromatic heterocycles. The van der Waals surface area contributed by atoms with Gasteiger partial charge in [0.2, 0.25) is 5.91 Å². The first kappa shape index (κ1) is 17.1. The quantitative estimate of drug-likeness (QED) is 0.746. The van der Waals surface area contributed by atoms with Crippen LogP contribution in [0.3, 0.4) is 0 Å². The molecule has 3 N–H and O–H groups in total. The molecule has 0 fully saturated rings. The van der Waals surface area contributed by atoms with E-state index in [1.165, 1.54) is 0 Å². The molecule has 6 nitrogen and oxygen atoms in total. The third-order valence-electron chi connectivity index (χ3n) is 4.37. The molecule has 0 saturated heterocycles. The van der Waals surface area contributed by atoms with Crippen molar-refractivity contribution in [3.63, 3.8) is 0 Å². The summed E-state index contributed by atoms with van der Waals surface area (Å²) in [6.07, 6.45) is 3.94. The summed E-state index contributed by atoms with van der Waals surface area (Å²) in [5.74, 6) is 0.0524. The van der Waals surface area contributed by atoms with Gasteiger partial charge in [-0.05, 0) is 30.2 Å². The highest BCUT2D eigenvalue weighted by Gasteiger charge is 2.25. The van der Waals surface area contributed by atoms with Crippen LogP contribution in [0.25, 0.3) is 11.1 Å². The predicted molar refractivity (Wildman–Crippen MR) is 94.7 cm³/mol. The largest absolute Gasteiger partial charge is 0.507 e. The van der Waals surface area contributed by atoms with E-state index in [-0.39, 0.29) is 17.7 Å². The molecule has 1 aromatic carbocycles. The van der Waals surface area contributed by atoms with E-state index in [0.717, 1.165) is 22.3 Å². The van der Waals surface area contributed by atoms with Crippen molar-refractivity contribution in [3.8, 4) is 16.9 Å². The molecule has 3 rings (SSSR count). The van der Waals surface area contributed by atoms with Gasteiger partial charge in [0.1, 0.15) is 5.75 Å². The van der Waals surface area contributed by atoms with Crippen molar-refractivity contribution in [2.24, 2.45) is 0 Å². The number of phenolic OH excluding ortho intramolecular Hbond substituents is 1. The van der Waals surface area contributed by atoms with Crippen molar-refractivity contribution in [1.82, 2.24) is 10.3 Å². The van der Waals surface area contributed by atoms with Crippen LogP contribution in [0.4, 0.5) is 0 Å². The molecule has 0 bridgehead atoms. The first-order valence-corrected chi connectivity index (χ1v) is 8.24. The Kier molecular flexibility index (Phi) is 4.81. The summed E-state index contributed by atoms with van der Waals surface area (Å²) in [5.41, 5.74) is 4.45. The standard InChI is InChI=1S/C19H21N3O3/c1-3-19(24)22-17-10-25-9-16-14(7-21-8-15(16)17)12-4-5-18(23)13(6-12)11(2)20/h4-8,17,20,23H,3,9-10H2,1-2H3,(H,22,24). The molecule has 0 aliphatic carbocycles. The number of carbonyl (C=O) groups excluding carboxylic acids is 1. The lowest BCUT2D eigenvalue weighted by Crippen LogP contribution is -2.34. The fourth-order valence-corrected chi connectivity index (χ4v) is 3.00. The monoisotopic (exact) mass is 339 g/mol. The SMILES string of the molecule is CCC(=O)NC1COCc2c(-c3ccc(O)c(C(C)=N)c3)cncc21. The van der Waals surface area contributed by atoms with E-state index >= 15 is 0 Å². The number of carbonyl (C=O) groups is 1. The molecule has 25 heavy (non-hydrogen) atoms. The predicted octanol–water partition coefficient (Wildman–Crippen LogP) is 2.94. The minimum Gasteiger partial charge on any atom is -0.507 e. The summed E-state index contributed by atoms with van der Waals surface area (Å²) < 4.78 is 5.68. The Bertz CT molecular complexity index is 833. The number of nitrogens with zero attached hydrogens (tertiary/aromatic N) is 1. The maximum Gasteiger partial charge on any atom is 0.220 e. The van der Waals surface area contributed by atoms with E-state index < -0.39 is 0 Å². The average molecular weight is 339 g/mol. The van der Waals surface area contributed by atoms with E-state index in [1.54, 1.807) is 37.5 Å². The highest BCUT2D eigenvalue weighted by atomic mass is 16.5. The lowest BCUT2D eigenvalue weighted by atomic mass is 9.92. The third kappa shape index (κ3) is 3.39. The molecule has 0 saturated carbocycles. The van der Waals surface area contributed by atoms with Crippen molar-refractivity contribution < 1.29 is 14.6 Å². The fourth-order valence-electron chi connectivity index (χ4n) is 3.00. The summed E-state index contributed by atoms with van der Waals surface area (Å²) in [6.45, 7) is 4.30. The molecule has 2 aromatic rings. The smallest absolute Gasteiger partial charge is 0.220 e. The van der Waals surface area contributed by atoms with Crippen molar-refractivity contribution >= 4 is 11.6 Å². The summed E-state index contributed by atoms with van der Waals surface area (Å²) in [5, 5.41) is 20.7. The Morgan fingerprint density at radius 3 is 2.96 bits per heavy atom. The van der Waals surface area contributed by atoms with Gasteiger partial charge in [-0.3, -0.25) is 9.78 Å². The van der Waals surface area contributed by atoms with Crippen molar-refractivity contribution in [1.29, 1.82) is 5.41 Å². The molecule has 1 unspecified atom stereocenters. The molecular formula is C19H21N3O3. The highest BCUT2D eigenvalue weighted by molar-refractivity contribution is 6.00. The van der Waals surface area contributed by atoms with E-state index in [2.05, 4.69) is 10.3 Å². The Hall–Kier alpha value is -2.73. The number of nitrogens with one attached hydrogen (secondary N) is 2. The third-order valence-corrected chi connectivity index (χ3v) is 4.37. The summed E-state index contributed by atoms with van der Waals surface area (Å²) in [6, 6.07) is 4.95. The normalized spacial score (nSPS) is 16.2. The lowest BCUT2D eigenvalue weighted by molar-refractivity contribution is -0.122. The van der Waals surface area contributed by atoms with Gasteiger partial charge in [-0.2, -0.15) is 0 Å². The van der Waals surface area contributed by atoms with E-state index in [1.807, 2.05) is 6.92 Å². The minimum atomic E-state index is -0.218. The number of benzene rings is 1. The number of hydrogen-bond acceptors (Lipinski definition) is 5. The Morgan fingerprint density at radius 2 is 2.24 bits per heavy atom. The summed E-state index contributed by atoms with van der Waals surface area (Å²) in [4.78, 5) is 16.1. The molecule has 1 atom stereocenters. The topological polar surface area (TPSA) is 95.3 Å². The first-order chi connectivity index (χ1) is 12.0. The first-order valence-electron chi connectivity index (χ1n) is 8.24. The van der Waals surface area contributed by atoms with Crippen molar-refractivity contribution in [3.05, 3.63) is 47.3 Å². The average Bonchev–Trinajstić information content (AvgIpc) is 2.61. The van der Waals surface area contributed by atoms with Crippen LogP contribution in [-0.4, -0.2) is 28.3 Å². The van der Waals surface area contributed by atoms with Crippen LogP contribution in [-0.2, 0) is 16.1 Å². The van der Waals surface area contributed by atoms with Crippen LogP contribution in [0.5, 0.6) is 5.75 Å². The second-order valence-corrected chi connectivity index (χ2v) is 6.10. The van der Waals surface area contributed by atoms with Gasteiger partial charge in [0, 0.05) is 41.2 Å². The number of phenols is 1. The van der Waals surface area contributed by atoms with Crippen molar-refractivity contribution in [2.45, 2.75) is 32.9 Å². The zero-order valence-corrected chi connectivity index (χ0v) is 14.3. The molecule has 0 spiro atoms. The van der Waals surface area contributed by atoms with Gasteiger partial charge < -0.3 is 20.6 Å². The van der Waals surface area contributed by atoms with Gasteiger partial charge in [-0.25, -0.2) is 0 Å². The van der Waals surface area contributed by atoms with E-state index in [0.29, 0.717) is 30.9 Å². The second-order valence-electron chi connectivity index (χ2n) is 6.10. The maximum atomic E-state index is 11.8. The van der Waals surface area contributed by atoms with Crippen LogP contribution in [0, 0.1) is 5.41 Å². The molecule has 1 aliphatic heterocycles. The zero-order chi connectivity index (χ0) is 18.0. The summed E-state index contributed by atoms with van der Waals surface area (Å²) in [7, 11) is 0. The molecule has 130 valence electrons. The van der Waals surface area contributed by atoms with Crippen LogP contribution in [0.1, 0.15) is 43.0 Å². The van der Waals surface area contributed by atoms with E-state index in [9.17, 15) is 9.90 Å². The number of ether oxygens (including phenoxy) is 1. The Balaban J connectivity index is 2.05. The molecule has 0 radical (unpaired) electrons. The van der Waals surface area contributed by atoms with Gasteiger partial charge >= 0.3 is 0 Å². The molecule has 1 aliphatic rings.